The van der Waals surface area contributed by atoms with Crippen molar-refractivity contribution in [3.63, 3.8) is 0 Å². The van der Waals surface area contributed by atoms with Crippen molar-refractivity contribution >= 4 is 11.7 Å². The average Bonchev–Trinajstić information content (AvgIpc) is 3.02. The van der Waals surface area contributed by atoms with Crippen molar-refractivity contribution in [1.29, 1.82) is 0 Å². The summed E-state index contributed by atoms with van der Waals surface area (Å²) in [6.45, 7) is 0.121. The van der Waals surface area contributed by atoms with E-state index in [0.29, 0.717) is 17.0 Å². The van der Waals surface area contributed by atoms with Crippen LogP contribution >= 0.6 is 0 Å². The molecule has 0 atom stereocenters. The summed E-state index contributed by atoms with van der Waals surface area (Å²) in [6.07, 6.45) is 1.39. The van der Waals surface area contributed by atoms with E-state index in [1.165, 1.54) is 24.0 Å². The lowest BCUT2D eigenvalue weighted by Crippen LogP contribution is -2.16. The maximum Gasteiger partial charge on any atom is 0.337 e. The molecular formula is C14H12N4O4. The van der Waals surface area contributed by atoms with E-state index in [1.807, 2.05) is 0 Å². The predicted octanol–water partition coefficient (Wildman–Crippen LogP) is 0.783. The molecule has 2 heterocycles. The van der Waals surface area contributed by atoms with Crippen molar-refractivity contribution < 1.29 is 14.3 Å². The third kappa shape index (κ3) is 2.66. The van der Waals surface area contributed by atoms with Crippen LogP contribution in [0.5, 0.6) is 5.75 Å². The molecule has 0 bridgehead atoms. The van der Waals surface area contributed by atoms with E-state index in [0.717, 1.165) is 0 Å². The highest BCUT2D eigenvalue weighted by molar-refractivity contribution is 5.89. The molecule has 0 spiro atoms. The monoisotopic (exact) mass is 300 g/mol. The summed E-state index contributed by atoms with van der Waals surface area (Å²) in [6, 6.07) is 7.85. The number of aromatic amines is 1. The number of H-pyrrole nitrogens is 1. The first-order chi connectivity index (χ1) is 10.7. The summed E-state index contributed by atoms with van der Waals surface area (Å²) in [4.78, 5) is 31.2. The Morgan fingerprint density at radius 1 is 1.32 bits per heavy atom. The van der Waals surface area contributed by atoms with Crippen molar-refractivity contribution in [1.82, 2.24) is 19.6 Å². The molecule has 0 radical (unpaired) electrons. The Morgan fingerprint density at radius 3 is 2.82 bits per heavy atom. The number of esters is 1. The summed E-state index contributed by atoms with van der Waals surface area (Å²) in [5, 5.41) is 2.66. The van der Waals surface area contributed by atoms with E-state index in [2.05, 4.69) is 19.8 Å². The van der Waals surface area contributed by atoms with Gasteiger partial charge in [-0.2, -0.15) is 4.52 Å². The van der Waals surface area contributed by atoms with Crippen LogP contribution in [0.1, 0.15) is 16.1 Å². The third-order valence-electron chi connectivity index (χ3n) is 2.98. The summed E-state index contributed by atoms with van der Waals surface area (Å²) >= 11 is 0. The molecule has 1 N–H and O–H groups in total. The van der Waals surface area contributed by atoms with Gasteiger partial charge in [-0.25, -0.2) is 14.8 Å². The number of nitrogens with zero attached hydrogens (tertiary/aromatic N) is 3. The number of benzene rings is 1. The molecule has 1 aromatic carbocycles. The van der Waals surface area contributed by atoms with E-state index >= 15 is 0 Å². The molecule has 112 valence electrons. The second kappa shape index (κ2) is 5.68. The van der Waals surface area contributed by atoms with Gasteiger partial charge in [0.1, 0.15) is 18.7 Å². The van der Waals surface area contributed by atoms with E-state index in [9.17, 15) is 9.59 Å². The number of carbonyl (C=O) groups excluding carboxylic acids is 1. The lowest BCUT2D eigenvalue weighted by atomic mass is 10.2. The van der Waals surface area contributed by atoms with Crippen molar-refractivity contribution in [3.05, 3.63) is 58.3 Å². The molecule has 22 heavy (non-hydrogen) atoms. The SMILES string of the molecule is COC(=O)c1ccc(OCc2cc(=O)n3[nH]cnc3n2)cc1. The van der Waals surface area contributed by atoms with Gasteiger partial charge in [-0.3, -0.25) is 9.89 Å². The number of rotatable bonds is 4. The van der Waals surface area contributed by atoms with Gasteiger partial charge in [0.2, 0.25) is 0 Å². The first kappa shape index (κ1) is 13.8. The van der Waals surface area contributed by atoms with Gasteiger partial charge in [0.15, 0.2) is 0 Å². The molecule has 0 amide bonds. The summed E-state index contributed by atoms with van der Waals surface area (Å²) in [5.41, 5.74) is 0.639. The van der Waals surface area contributed by atoms with Crippen LogP contribution < -0.4 is 10.3 Å². The number of fused-ring (bicyclic) bond motifs is 1. The molecule has 0 aliphatic rings. The first-order valence-electron chi connectivity index (χ1n) is 6.40. The largest absolute Gasteiger partial charge is 0.487 e. The average molecular weight is 300 g/mol. The summed E-state index contributed by atoms with van der Waals surface area (Å²) < 4.78 is 11.4. The van der Waals surface area contributed by atoms with Gasteiger partial charge in [0, 0.05) is 6.07 Å². The highest BCUT2D eigenvalue weighted by atomic mass is 16.5. The minimum absolute atomic E-state index is 0.121. The van der Waals surface area contributed by atoms with Crippen molar-refractivity contribution in [2.45, 2.75) is 6.61 Å². The molecule has 3 aromatic rings. The van der Waals surface area contributed by atoms with Gasteiger partial charge in [-0.1, -0.05) is 0 Å². The molecule has 0 aliphatic heterocycles. The normalized spacial score (nSPS) is 10.6. The van der Waals surface area contributed by atoms with Crippen LogP contribution in [0.2, 0.25) is 0 Å². The van der Waals surface area contributed by atoms with Crippen LogP contribution in [-0.2, 0) is 11.3 Å². The molecule has 0 saturated carbocycles. The molecule has 0 saturated heterocycles. The van der Waals surface area contributed by atoms with Crippen LogP contribution in [0, 0.1) is 0 Å². The minimum atomic E-state index is -0.412. The second-order valence-electron chi connectivity index (χ2n) is 4.41. The molecule has 8 nitrogen and oxygen atoms in total. The Labute approximate surface area is 124 Å². The van der Waals surface area contributed by atoms with Gasteiger partial charge in [0.05, 0.1) is 18.4 Å². The highest BCUT2D eigenvalue weighted by Gasteiger charge is 2.07. The predicted molar refractivity (Wildman–Crippen MR) is 75.7 cm³/mol. The van der Waals surface area contributed by atoms with Crippen molar-refractivity contribution in [3.8, 4) is 5.75 Å². The number of hydrogen-bond acceptors (Lipinski definition) is 6. The molecule has 0 unspecified atom stereocenters. The van der Waals surface area contributed by atoms with Gasteiger partial charge >= 0.3 is 5.97 Å². The van der Waals surface area contributed by atoms with E-state index in [1.54, 1.807) is 24.3 Å². The Bertz CT molecular complexity index is 866. The van der Waals surface area contributed by atoms with Crippen molar-refractivity contribution in [2.24, 2.45) is 0 Å². The van der Waals surface area contributed by atoms with Gasteiger partial charge < -0.3 is 9.47 Å². The minimum Gasteiger partial charge on any atom is -0.487 e. The van der Waals surface area contributed by atoms with Gasteiger partial charge in [0.25, 0.3) is 11.3 Å². The molecule has 8 heteroatoms. The standard InChI is InChI=1S/C14H12N4O4/c1-21-13(20)9-2-4-11(5-3-9)22-7-10-6-12(19)18-14(17-10)15-8-16-18/h2-6,8H,7H2,1H3,(H,15,16,17). The van der Waals surface area contributed by atoms with Crippen LogP contribution in [0.15, 0.2) is 41.5 Å². The van der Waals surface area contributed by atoms with Crippen molar-refractivity contribution in [2.75, 3.05) is 7.11 Å². The first-order valence-corrected chi connectivity index (χ1v) is 6.40. The fourth-order valence-corrected chi connectivity index (χ4v) is 1.90. The zero-order chi connectivity index (χ0) is 15.5. The molecule has 0 aliphatic carbocycles. The van der Waals surface area contributed by atoms with Gasteiger partial charge in [-0.15, -0.1) is 0 Å². The topological polar surface area (TPSA) is 98.6 Å². The fraction of sp³-hybridized carbons (Fsp3) is 0.143. The van der Waals surface area contributed by atoms with Crippen LogP contribution in [0.25, 0.3) is 5.78 Å². The van der Waals surface area contributed by atoms with Gasteiger partial charge in [-0.05, 0) is 24.3 Å². The Balaban J connectivity index is 1.73. The lowest BCUT2D eigenvalue weighted by molar-refractivity contribution is 0.0600. The Morgan fingerprint density at radius 2 is 2.09 bits per heavy atom. The second-order valence-corrected chi connectivity index (χ2v) is 4.41. The van der Waals surface area contributed by atoms with E-state index < -0.39 is 5.97 Å². The summed E-state index contributed by atoms with van der Waals surface area (Å²) in [5.74, 6) is 0.425. The zero-order valence-corrected chi connectivity index (χ0v) is 11.6. The number of aromatic nitrogens is 4. The number of ether oxygens (including phenoxy) is 2. The number of carbonyl (C=O) groups is 1. The number of hydrogen-bond donors (Lipinski definition) is 1. The number of nitrogens with one attached hydrogen (secondary N) is 1. The quantitative estimate of drug-likeness (QED) is 0.715. The number of methoxy groups -OCH3 is 1. The Hall–Kier alpha value is -3.16. The highest BCUT2D eigenvalue weighted by Crippen LogP contribution is 2.14. The lowest BCUT2D eigenvalue weighted by Gasteiger charge is -2.06. The van der Waals surface area contributed by atoms with E-state index in [-0.39, 0.29) is 17.9 Å². The maximum atomic E-state index is 11.8. The molecular weight excluding hydrogens is 288 g/mol. The summed E-state index contributed by atoms with van der Waals surface area (Å²) in [7, 11) is 1.32. The maximum absolute atomic E-state index is 11.8. The van der Waals surface area contributed by atoms with Crippen LogP contribution in [0.3, 0.4) is 0 Å². The molecule has 2 aromatic heterocycles. The van der Waals surface area contributed by atoms with Crippen LogP contribution in [0.4, 0.5) is 0 Å². The third-order valence-corrected chi connectivity index (χ3v) is 2.98. The smallest absolute Gasteiger partial charge is 0.337 e. The molecule has 0 fully saturated rings. The fourth-order valence-electron chi connectivity index (χ4n) is 1.90. The zero-order valence-electron chi connectivity index (χ0n) is 11.6. The van der Waals surface area contributed by atoms with E-state index in [4.69, 9.17) is 4.74 Å². The van der Waals surface area contributed by atoms with Crippen LogP contribution in [-0.4, -0.2) is 32.7 Å². The Kier molecular flexibility index (Phi) is 3.57. The molecule has 3 rings (SSSR count).